The monoisotopic (exact) mass is 286 g/mol. The Morgan fingerprint density at radius 2 is 2.05 bits per heavy atom. The number of nitrogens with zero attached hydrogens (tertiary/aromatic N) is 2. The second kappa shape index (κ2) is 5.96. The van der Waals surface area contributed by atoms with Gasteiger partial charge in [0.15, 0.2) is 0 Å². The van der Waals surface area contributed by atoms with Crippen LogP contribution in [0.5, 0.6) is 0 Å². The molecule has 1 aromatic rings. The third-order valence-electron chi connectivity index (χ3n) is 4.06. The molecule has 1 heterocycles. The van der Waals surface area contributed by atoms with Crippen LogP contribution in [-0.4, -0.2) is 34.0 Å². The van der Waals surface area contributed by atoms with Gasteiger partial charge in [0.25, 0.3) is 5.91 Å². The quantitative estimate of drug-likeness (QED) is 0.921. The topological polar surface area (TPSA) is 81.4 Å². The molecular weight excluding hydrogens is 268 g/mol. The van der Waals surface area contributed by atoms with Crippen LogP contribution >= 0.6 is 0 Å². The molecule has 1 fully saturated rings. The standard InChI is InChI=1S/C16H18N2O3/c1-2-8-16(15(20)21)9-3-10-18(16)14(19)13-6-4-12(11-17)5-7-13/h4-7H,2-3,8-10H2,1H3,(H,20,21). The molecule has 1 aromatic carbocycles. The first-order chi connectivity index (χ1) is 10.0. The van der Waals surface area contributed by atoms with E-state index < -0.39 is 11.5 Å². The number of benzene rings is 1. The maximum Gasteiger partial charge on any atom is 0.329 e. The van der Waals surface area contributed by atoms with Gasteiger partial charge >= 0.3 is 5.97 Å². The summed E-state index contributed by atoms with van der Waals surface area (Å²) in [5.41, 5.74) is -0.177. The SMILES string of the molecule is CCCC1(C(=O)O)CCCN1C(=O)c1ccc(C#N)cc1. The van der Waals surface area contributed by atoms with Gasteiger partial charge in [0.2, 0.25) is 0 Å². The lowest BCUT2D eigenvalue weighted by Crippen LogP contribution is -2.53. The normalized spacial score (nSPS) is 21.0. The molecule has 1 aliphatic heterocycles. The van der Waals surface area contributed by atoms with E-state index in [1.807, 2.05) is 13.0 Å². The summed E-state index contributed by atoms with van der Waals surface area (Å²) < 4.78 is 0. The number of amides is 1. The van der Waals surface area contributed by atoms with Crippen molar-refractivity contribution >= 4 is 11.9 Å². The van der Waals surface area contributed by atoms with Gasteiger partial charge in [-0.1, -0.05) is 13.3 Å². The van der Waals surface area contributed by atoms with Gasteiger partial charge in [0.1, 0.15) is 5.54 Å². The average molecular weight is 286 g/mol. The number of carbonyl (C=O) groups excluding carboxylic acids is 1. The zero-order valence-electron chi connectivity index (χ0n) is 12.0. The molecule has 1 N–H and O–H groups in total. The Labute approximate surface area is 123 Å². The molecule has 0 bridgehead atoms. The molecule has 1 aliphatic rings. The highest BCUT2D eigenvalue weighted by Gasteiger charge is 2.49. The lowest BCUT2D eigenvalue weighted by Gasteiger charge is -2.34. The Balaban J connectivity index is 2.32. The predicted octanol–water partition coefficient (Wildman–Crippen LogP) is 2.42. The van der Waals surface area contributed by atoms with E-state index in [4.69, 9.17) is 5.26 Å². The molecule has 1 amide bonds. The molecule has 1 saturated heterocycles. The second-order valence-corrected chi connectivity index (χ2v) is 5.34. The van der Waals surface area contributed by atoms with E-state index in [9.17, 15) is 14.7 Å². The molecule has 0 radical (unpaired) electrons. The van der Waals surface area contributed by atoms with Gasteiger partial charge in [0.05, 0.1) is 11.6 Å². The molecular formula is C16H18N2O3. The molecule has 1 unspecified atom stereocenters. The van der Waals surface area contributed by atoms with Crippen LogP contribution < -0.4 is 0 Å². The number of nitriles is 1. The van der Waals surface area contributed by atoms with Crippen LogP contribution in [0.15, 0.2) is 24.3 Å². The summed E-state index contributed by atoms with van der Waals surface area (Å²) in [4.78, 5) is 25.8. The van der Waals surface area contributed by atoms with Crippen molar-refractivity contribution in [1.82, 2.24) is 4.90 Å². The molecule has 110 valence electrons. The number of hydrogen-bond donors (Lipinski definition) is 1. The Morgan fingerprint density at radius 1 is 1.38 bits per heavy atom. The highest BCUT2D eigenvalue weighted by molar-refractivity contribution is 5.98. The number of hydrogen-bond acceptors (Lipinski definition) is 3. The van der Waals surface area contributed by atoms with E-state index >= 15 is 0 Å². The van der Waals surface area contributed by atoms with Crippen molar-refractivity contribution in [2.75, 3.05) is 6.54 Å². The summed E-state index contributed by atoms with van der Waals surface area (Å²) in [5.74, 6) is -1.20. The van der Waals surface area contributed by atoms with Gasteiger partial charge in [-0.05, 0) is 43.5 Å². The summed E-state index contributed by atoms with van der Waals surface area (Å²) in [6.07, 6.45) is 2.38. The predicted molar refractivity (Wildman–Crippen MR) is 76.7 cm³/mol. The van der Waals surface area contributed by atoms with Crippen LogP contribution in [0.1, 0.15) is 48.5 Å². The first-order valence-corrected chi connectivity index (χ1v) is 7.10. The van der Waals surface area contributed by atoms with Crippen LogP contribution in [0.2, 0.25) is 0 Å². The maximum absolute atomic E-state index is 12.6. The molecule has 5 nitrogen and oxygen atoms in total. The molecule has 0 saturated carbocycles. The lowest BCUT2D eigenvalue weighted by atomic mass is 9.90. The summed E-state index contributed by atoms with van der Waals surface area (Å²) in [5, 5.41) is 18.4. The van der Waals surface area contributed by atoms with E-state index in [2.05, 4.69) is 0 Å². The third kappa shape index (κ3) is 2.62. The summed E-state index contributed by atoms with van der Waals surface area (Å²) in [7, 11) is 0. The summed E-state index contributed by atoms with van der Waals surface area (Å²) in [6, 6.07) is 8.31. The maximum atomic E-state index is 12.6. The van der Waals surface area contributed by atoms with Crippen molar-refractivity contribution in [3.05, 3.63) is 35.4 Å². The number of carboxylic acid groups (broad SMARTS) is 1. The Kier molecular flexibility index (Phi) is 4.27. The fraction of sp³-hybridized carbons (Fsp3) is 0.438. The summed E-state index contributed by atoms with van der Waals surface area (Å²) >= 11 is 0. The zero-order chi connectivity index (χ0) is 15.5. The van der Waals surface area contributed by atoms with E-state index in [1.165, 1.54) is 4.90 Å². The van der Waals surface area contributed by atoms with Gasteiger partial charge in [-0.15, -0.1) is 0 Å². The number of rotatable bonds is 4. The molecule has 0 aromatic heterocycles. The van der Waals surface area contributed by atoms with Gasteiger partial charge < -0.3 is 10.0 Å². The molecule has 1 atom stereocenters. The van der Waals surface area contributed by atoms with E-state index in [-0.39, 0.29) is 5.91 Å². The number of likely N-dealkylation sites (tertiary alicyclic amines) is 1. The lowest BCUT2D eigenvalue weighted by molar-refractivity contribution is -0.148. The molecule has 2 rings (SSSR count). The van der Waals surface area contributed by atoms with E-state index in [1.54, 1.807) is 24.3 Å². The minimum Gasteiger partial charge on any atom is -0.479 e. The van der Waals surface area contributed by atoms with Crippen molar-refractivity contribution in [2.24, 2.45) is 0 Å². The third-order valence-corrected chi connectivity index (χ3v) is 4.06. The van der Waals surface area contributed by atoms with Gasteiger partial charge in [-0.25, -0.2) is 4.79 Å². The van der Waals surface area contributed by atoms with Crippen molar-refractivity contribution in [2.45, 2.75) is 38.1 Å². The average Bonchev–Trinajstić information content (AvgIpc) is 2.92. The number of carboxylic acids is 1. The van der Waals surface area contributed by atoms with Crippen LogP contribution in [0.3, 0.4) is 0 Å². The van der Waals surface area contributed by atoms with Crippen molar-refractivity contribution in [1.29, 1.82) is 5.26 Å². The second-order valence-electron chi connectivity index (χ2n) is 5.34. The summed E-state index contributed by atoms with van der Waals surface area (Å²) in [6.45, 7) is 2.39. The zero-order valence-corrected chi connectivity index (χ0v) is 12.0. The first kappa shape index (κ1) is 15.0. The van der Waals surface area contributed by atoms with E-state index in [0.717, 1.165) is 0 Å². The smallest absolute Gasteiger partial charge is 0.329 e. The van der Waals surface area contributed by atoms with Gasteiger partial charge in [-0.2, -0.15) is 5.26 Å². The number of carbonyl (C=O) groups is 2. The van der Waals surface area contributed by atoms with Crippen molar-refractivity contribution < 1.29 is 14.7 Å². The minimum absolute atomic E-state index is 0.271. The Hall–Kier alpha value is -2.35. The minimum atomic E-state index is -1.08. The fourth-order valence-electron chi connectivity index (χ4n) is 3.02. The Bertz CT molecular complexity index is 589. The van der Waals surface area contributed by atoms with Crippen LogP contribution in [-0.2, 0) is 4.79 Å². The van der Waals surface area contributed by atoms with Crippen LogP contribution in [0, 0.1) is 11.3 Å². The van der Waals surface area contributed by atoms with Crippen molar-refractivity contribution in [3.63, 3.8) is 0 Å². The first-order valence-electron chi connectivity index (χ1n) is 7.10. The van der Waals surface area contributed by atoms with Crippen molar-refractivity contribution in [3.8, 4) is 6.07 Å². The highest BCUT2D eigenvalue weighted by atomic mass is 16.4. The van der Waals surface area contributed by atoms with Crippen LogP contribution in [0.25, 0.3) is 0 Å². The van der Waals surface area contributed by atoms with Gasteiger partial charge in [0, 0.05) is 12.1 Å². The van der Waals surface area contributed by atoms with E-state index in [0.29, 0.717) is 43.4 Å². The molecule has 5 heteroatoms. The largest absolute Gasteiger partial charge is 0.479 e. The van der Waals surface area contributed by atoms with Gasteiger partial charge in [-0.3, -0.25) is 4.79 Å². The molecule has 0 spiro atoms. The number of aliphatic carboxylic acids is 1. The fourth-order valence-corrected chi connectivity index (χ4v) is 3.02. The Morgan fingerprint density at radius 3 is 2.57 bits per heavy atom. The molecule has 21 heavy (non-hydrogen) atoms. The highest BCUT2D eigenvalue weighted by Crippen LogP contribution is 2.35. The molecule has 0 aliphatic carbocycles. The van der Waals surface area contributed by atoms with Crippen LogP contribution in [0.4, 0.5) is 0 Å².